The van der Waals surface area contributed by atoms with Crippen LogP contribution in [0.25, 0.3) is 5.76 Å². The van der Waals surface area contributed by atoms with Gasteiger partial charge in [0.25, 0.3) is 17.4 Å². The highest BCUT2D eigenvalue weighted by molar-refractivity contribution is 6.51. The number of nitro benzene ring substituents is 1. The lowest BCUT2D eigenvalue weighted by atomic mass is 9.95. The first-order valence-corrected chi connectivity index (χ1v) is 11.7. The Labute approximate surface area is 214 Å². The predicted molar refractivity (Wildman–Crippen MR) is 141 cm³/mol. The third-order valence-corrected chi connectivity index (χ3v) is 5.99. The van der Waals surface area contributed by atoms with Gasteiger partial charge in [0.1, 0.15) is 11.5 Å². The lowest BCUT2D eigenvalue weighted by molar-refractivity contribution is -0.384. The van der Waals surface area contributed by atoms with Gasteiger partial charge in [-0.25, -0.2) is 0 Å². The van der Waals surface area contributed by atoms with Gasteiger partial charge in [0.2, 0.25) is 0 Å². The number of aliphatic hydroxyl groups excluding tert-OH is 1. The number of hydrogen-bond donors (Lipinski definition) is 1. The fourth-order valence-corrected chi connectivity index (χ4v) is 4.25. The number of nitrogens with zero attached hydrogens (tertiary/aromatic N) is 3. The second-order valence-corrected chi connectivity index (χ2v) is 9.12. The van der Waals surface area contributed by atoms with Crippen LogP contribution in [0.15, 0.2) is 78.4 Å². The van der Waals surface area contributed by atoms with E-state index in [0.717, 1.165) is 5.69 Å². The molecule has 1 fully saturated rings. The van der Waals surface area contributed by atoms with Gasteiger partial charge >= 0.3 is 0 Å². The molecule has 0 aromatic heterocycles. The van der Waals surface area contributed by atoms with Gasteiger partial charge in [-0.1, -0.05) is 24.3 Å². The van der Waals surface area contributed by atoms with E-state index in [2.05, 4.69) is 0 Å². The molecule has 37 heavy (non-hydrogen) atoms. The van der Waals surface area contributed by atoms with Crippen molar-refractivity contribution in [2.24, 2.45) is 0 Å². The van der Waals surface area contributed by atoms with Gasteiger partial charge < -0.3 is 14.7 Å². The minimum atomic E-state index is -0.961. The average molecular weight is 502 g/mol. The second kappa shape index (κ2) is 10.1. The zero-order valence-corrected chi connectivity index (χ0v) is 20.9. The van der Waals surface area contributed by atoms with Crippen molar-refractivity contribution < 1.29 is 24.4 Å². The van der Waals surface area contributed by atoms with Crippen LogP contribution in [0.5, 0.6) is 5.75 Å². The zero-order chi connectivity index (χ0) is 26.9. The number of amides is 1. The van der Waals surface area contributed by atoms with Crippen LogP contribution in [0.4, 0.5) is 17.1 Å². The van der Waals surface area contributed by atoms with Crippen molar-refractivity contribution in [1.82, 2.24) is 0 Å². The van der Waals surface area contributed by atoms with Gasteiger partial charge in [0, 0.05) is 43.2 Å². The van der Waals surface area contributed by atoms with Crippen LogP contribution in [-0.2, 0) is 9.59 Å². The number of benzene rings is 3. The van der Waals surface area contributed by atoms with E-state index >= 15 is 0 Å². The molecule has 1 saturated heterocycles. The molecule has 4 rings (SSSR count). The lowest BCUT2D eigenvalue weighted by Gasteiger charge is -2.26. The van der Waals surface area contributed by atoms with Crippen molar-refractivity contribution in [3.8, 4) is 5.75 Å². The van der Waals surface area contributed by atoms with Crippen LogP contribution in [0.3, 0.4) is 0 Å². The molecule has 0 spiro atoms. The summed E-state index contributed by atoms with van der Waals surface area (Å²) in [6.07, 6.45) is -0.0411. The van der Waals surface area contributed by atoms with Crippen molar-refractivity contribution in [2.45, 2.75) is 26.0 Å². The first-order valence-electron chi connectivity index (χ1n) is 11.7. The summed E-state index contributed by atoms with van der Waals surface area (Å²) in [4.78, 5) is 40.6. The molecule has 9 heteroatoms. The third-order valence-electron chi connectivity index (χ3n) is 5.99. The summed E-state index contributed by atoms with van der Waals surface area (Å²) in [6.45, 7) is 3.80. The number of hydrogen-bond acceptors (Lipinski definition) is 7. The fourth-order valence-electron chi connectivity index (χ4n) is 4.25. The number of non-ortho nitro benzene ring substituents is 1. The first kappa shape index (κ1) is 25.4. The van der Waals surface area contributed by atoms with Crippen molar-refractivity contribution in [2.75, 3.05) is 23.9 Å². The van der Waals surface area contributed by atoms with E-state index in [1.807, 2.05) is 45.0 Å². The molecule has 0 aliphatic carbocycles. The molecule has 0 saturated carbocycles. The van der Waals surface area contributed by atoms with Gasteiger partial charge in [-0.15, -0.1) is 0 Å². The molecule has 0 radical (unpaired) electrons. The molecule has 3 aromatic carbocycles. The first-order chi connectivity index (χ1) is 17.6. The molecule has 1 amide bonds. The summed E-state index contributed by atoms with van der Waals surface area (Å²) in [6, 6.07) is 18.4. The molecule has 1 aliphatic rings. The van der Waals surface area contributed by atoms with E-state index in [1.165, 1.54) is 29.2 Å². The van der Waals surface area contributed by atoms with Gasteiger partial charge in [0.15, 0.2) is 0 Å². The molecule has 1 unspecified atom stereocenters. The molecule has 1 N–H and O–H groups in total. The van der Waals surface area contributed by atoms with Gasteiger partial charge in [-0.2, -0.15) is 0 Å². The second-order valence-electron chi connectivity index (χ2n) is 9.12. The van der Waals surface area contributed by atoms with Crippen LogP contribution < -0.4 is 14.5 Å². The monoisotopic (exact) mass is 501 g/mol. The number of ether oxygens (including phenoxy) is 1. The maximum atomic E-state index is 13.3. The van der Waals surface area contributed by atoms with Crippen LogP contribution >= 0.6 is 0 Å². The Bertz CT molecular complexity index is 1380. The van der Waals surface area contributed by atoms with Crippen LogP contribution in [0.2, 0.25) is 0 Å². The van der Waals surface area contributed by atoms with E-state index in [-0.39, 0.29) is 22.9 Å². The summed E-state index contributed by atoms with van der Waals surface area (Å²) in [5.74, 6) is -1.56. The maximum Gasteiger partial charge on any atom is 0.300 e. The Morgan fingerprint density at radius 1 is 1.03 bits per heavy atom. The molecule has 9 nitrogen and oxygen atoms in total. The minimum absolute atomic E-state index is 0.0411. The standard InChI is InChI=1S/C28H27N3O6/c1-17(2)37-23-14-8-18(9-15-23)25-24(26(32)19-6-5-7-22(16-19)31(35)36)27(33)28(34)30(25)21-12-10-20(11-13-21)29(3)4/h5-17,25,32H,1-4H3/b26-24-. The largest absolute Gasteiger partial charge is 0.507 e. The van der Waals surface area contributed by atoms with E-state index in [0.29, 0.717) is 17.0 Å². The smallest absolute Gasteiger partial charge is 0.300 e. The quantitative estimate of drug-likeness (QED) is 0.158. The van der Waals surface area contributed by atoms with E-state index < -0.39 is 28.4 Å². The van der Waals surface area contributed by atoms with Crippen molar-refractivity contribution in [3.05, 3.63) is 99.6 Å². The van der Waals surface area contributed by atoms with E-state index in [4.69, 9.17) is 4.74 Å². The van der Waals surface area contributed by atoms with Crippen molar-refractivity contribution >= 4 is 34.5 Å². The molecule has 0 bridgehead atoms. The Hall–Kier alpha value is -4.66. The molecule has 1 aliphatic heterocycles. The van der Waals surface area contributed by atoms with Crippen LogP contribution in [-0.4, -0.2) is 41.9 Å². The number of rotatable bonds is 7. The van der Waals surface area contributed by atoms with Crippen molar-refractivity contribution in [1.29, 1.82) is 0 Å². The number of aliphatic hydroxyl groups is 1. The molecule has 1 atom stereocenters. The van der Waals surface area contributed by atoms with Gasteiger partial charge in [0.05, 0.1) is 22.6 Å². The van der Waals surface area contributed by atoms with E-state index in [1.54, 1.807) is 36.4 Å². The van der Waals surface area contributed by atoms with Gasteiger partial charge in [-0.3, -0.25) is 24.6 Å². The Morgan fingerprint density at radius 3 is 2.24 bits per heavy atom. The van der Waals surface area contributed by atoms with Crippen molar-refractivity contribution in [3.63, 3.8) is 0 Å². The zero-order valence-electron chi connectivity index (χ0n) is 20.9. The van der Waals surface area contributed by atoms with Crippen LogP contribution in [0.1, 0.15) is 31.0 Å². The Kier molecular flexibility index (Phi) is 6.97. The number of carbonyl (C=O) groups is 2. The number of nitro groups is 1. The topological polar surface area (TPSA) is 113 Å². The number of ketones is 1. The summed E-state index contributed by atoms with van der Waals surface area (Å²) in [5.41, 5.74) is 1.62. The molecule has 3 aromatic rings. The highest BCUT2D eigenvalue weighted by atomic mass is 16.6. The number of anilines is 2. The molecule has 1 heterocycles. The minimum Gasteiger partial charge on any atom is -0.507 e. The fraction of sp³-hybridized carbons (Fsp3) is 0.214. The summed E-state index contributed by atoms with van der Waals surface area (Å²) in [7, 11) is 3.78. The van der Waals surface area contributed by atoms with Gasteiger partial charge in [-0.05, 0) is 55.8 Å². The van der Waals surface area contributed by atoms with Crippen LogP contribution in [0, 0.1) is 10.1 Å². The average Bonchev–Trinajstić information content (AvgIpc) is 3.14. The molecular formula is C28H27N3O6. The van der Waals surface area contributed by atoms with E-state index in [9.17, 15) is 24.8 Å². The normalized spacial score (nSPS) is 16.8. The highest BCUT2D eigenvalue weighted by Gasteiger charge is 2.47. The molecule has 190 valence electrons. The highest BCUT2D eigenvalue weighted by Crippen LogP contribution is 2.43. The summed E-state index contributed by atoms with van der Waals surface area (Å²) >= 11 is 0. The number of carbonyl (C=O) groups excluding carboxylic acids is 2. The summed E-state index contributed by atoms with van der Waals surface area (Å²) < 4.78 is 5.72. The predicted octanol–water partition coefficient (Wildman–Crippen LogP) is 5.07. The third kappa shape index (κ3) is 5.02. The maximum absolute atomic E-state index is 13.3. The number of Topliss-reactive ketones (excluding diaryl/α,β-unsaturated/α-hetero) is 1. The lowest BCUT2D eigenvalue weighted by Crippen LogP contribution is -2.29. The Balaban J connectivity index is 1.89. The summed E-state index contributed by atoms with van der Waals surface area (Å²) in [5, 5.41) is 22.5. The SMILES string of the molecule is CC(C)Oc1ccc(C2/C(=C(/O)c3cccc([N+](=O)[O-])c3)C(=O)C(=O)N2c2ccc(N(C)C)cc2)cc1. The molecular weight excluding hydrogens is 474 g/mol. The Morgan fingerprint density at radius 2 is 1.68 bits per heavy atom.